The van der Waals surface area contributed by atoms with Gasteiger partial charge in [-0.05, 0) is 47.1 Å². The first-order valence-electron chi connectivity index (χ1n) is 7.45. The van der Waals surface area contributed by atoms with Gasteiger partial charge in [0.1, 0.15) is 0 Å². The van der Waals surface area contributed by atoms with E-state index in [4.69, 9.17) is 4.74 Å². The van der Waals surface area contributed by atoms with E-state index in [0.29, 0.717) is 22.3 Å². The number of hydrogen-bond donors (Lipinski definition) is 2. The average molecular weight is 406 g/mol. The van der Waals surface area contributed by atoms with Crippen LogP contribution in [0.1, 0.15) is 27.6 Å². The number of rotatable bonds is 6. The molecule has 1 aromatic carbocycles. The summed E-state index contributed by atoms with van der Waals surface area (Å²) in [4.78, 5) is 39.4. The number of anilines is 1. The zero-order chi connectivity index (χ0) is 18.2. The maximum Gasteiger partial charge on any atom is 0.340 e. The highest BCUT2D eigenvalue weighted by Crippen LogP contribution is 2.12. The Hall–Kier alpha value is -2.74. The molecule has 0 radical (unpaired) electrons. The number of esters is 1. The van der Waals surface area contributed by atoms with Crippen LogP contribution in [0.4, 0.5) is 5.69 Å². The third-order valence-electron chi connectivity index (χ3n) is 3.02. The summed E-state index contributed by atoms with van der Waals surface area (Å²) in [6.45, 7) is 1.88. The summed E-state index contributed by atoms with van der Waals surface area (Å²) >= 11 is 3.20. The molecule has 2 N–H and O–H groups in total. The fourth-order valence-corrected chi connectivity index (χ4v) is 2.30. The molecule has 1 heterocycles. The lowest BCUT2D eigenvalue weighted by Gasteiger charge is -2.08. The molecule has 2 rings (SSSR count). The molecule has 0 saturated carbocycles. The molecular weight excluding hydrogens is 390 g/mol. The van der Waals surface area contributed by atoms with Crippen LogP contribution in [0.2, 0.25) is 0 Å². The highest BCUT2D eigenvalue weighted by Gasteiger charge is 2.12. The first kappa shape index (κ1) is 18.6. The Morgan fingerprint density at radius 1 is 1.16 bits per heavy atom. The summed E-state index contributed by atoms with van der Waals surface area (Å²) in [6, 6.07) is 8.02. The molecule has 0 atom stereocenters. The van der Waals surface area contributed by atoms with Crippen molar-refractivity contribution in [1.29, 1.82) is 0 Å². The molecule has 0 aliphatic heterocycles. The number of nitrogens with one attached hydrogen (secondary N) is 2. The van der Waals surface area contributed by atoms with E-state index in [1.165, 1.54) is 12.4 Å². The van der Waals surface area contributed by atoms with Gasteiger partial charge in [0, 0.05) is 34.7 Å². The van der Waals surface area contributed by atoms with Crippen LogP contribution in [0.25, 0.3) is 0 Å². The van der Waals surface area contributed by atoms with Gasteiger partial charge in [-0.3, -0.25) is 14.6 Å². The zero-order valence-electron chi connectivity index (χ0n) is 13.4. The summed E-state index contributed by atoms with van der Waals surface area (Å²) in [5, 5.41) is 5.25. The van der Waals surface area contributed by atoms with Crippen molar-refractivity contribution >= 4 is 39.4 Å². The number of halogens is 1. The van der Waals surface area contributed by atoms with Crippen LogP contribution >= 0.6 is 15.9 Å². The Morgan fingerprint density at radius 2 is 1.96 bits per heavy atom. The monoisotopic (exact) mass is 405 g/mol. The van der Waals surface area contributed by atoms with Gasteiger partial charge in [0.2, 0.25) is 0 Å². The van der Waals surface area contributed by atoms with Gasteiger partial charge in [0.25, 0.3) is 11.8 Å². The van der Waals surface area contributed by atoms with E-state index < -0.39 is 18.5 Å². The average Bonchev–Trinajstić information content (AvgIpc) is 2.60. The van der Waals surface area contributed by atoms with Crippen LogP contribution in [0.15, 0.2) is 47.2 Å². The summed E-state index contributed by atoms with van der Waals surface area (Å²) in [6.07, 6.45) is 2.88. The number of hydrogen-bond acceptors (Lipinski definition) is 5. The van der Waals surface area contributed by atoms with Crippen LogP contribution in [0.3, 0.4) is 0 Å². The van der Waals surface area contributed by atoms with Crippen molar-refractivity contribution < 1.29 is 19.1 Å². The van der Waals surface area contributed by atoms with Crippen molar-refractivity contribution in [2.75, 3.05) is 18.5 Å². The Balaban J connectivity index is 1.91. The fourth-order valence-electron chi connectivity index (χ4n) is 1.94. The quantitative estimate of drug-likeness (QED) is 0.719. The van der Waals surface area contributed by atoms with Crippen LogP contribution in [0, 0.1) is 0 Å². The van der Waals surface area contributed by atoms with Crippen LogP contribution < -0.4 is 10.6 Å². The van der Waals surface area contributed by atoms with Gasteiger partial charge in [0.05, 0.1) is 5.56 Å². The Kier molecular flexibility index (Phi) is 6.64. The number of amides is 2. The standard InChI is InChI=1S/C17H16BrN3O4/c1-2-20-16(23)11-4-3-5-14(7-11)21-15(22)10-25-17(24)12-6-13(18)9-19-8-12/h3-9H,2,10H2,1H3,(H,20,23)(H,21,22). The van der Waals surface area contributed by atoms with Crippen molar-refractivity contribution in [2.45, 2.75) is 6.92 Å². The molecule has 0 saturated heterocycles. The number of nitrogens with zero attached hydrogens (tertiary/aromatic N) is 1. The predicted molar refractivity (Wildman–Crippen MR) is 95.3 cm³/mol. The Morgan fingerprint density at radius 3 is 2.68 bits per heavy atom. The van der Waals surface area contributed by atoms with Crippen molar-refractivity contribution in [3.8, 4) is 0 Å². The van der Waals surface area contributed by atoms with Crippen molar-refractivity contribution in [3.05, 3.63) is 58.3 Å². The highest BCUT2D eigenvalue weighted by molar-refractivity contribution is 9.10. The highest BCUT2D eigenvalue weighted by atomic mass is 79.9. The second-order valence-electron chi connectivity index (χ2n) is 4.96. The number of ether oxygens (including phenoxy) is 1. The molecule has 130 valence electrons. The molecule has 1 aromatic heterocycles. The summed E-state index contributed by atoms with van der Waals surface area (Å²) in [7, 11) is 0. The van der Waals surface area contributed by atoms with E-state index in [1.54, 1.807) is 30.3 Å². The minimum atomic E-state index is -0.653. The molecule has 0 bridgehead atoms. The molecule has 25 heavy (non-hydrogen) atoms. The van der Waals surface area contributed by atoms with E-state index in [2.05, 4.69) is 31.5 Å². The van der Waals surface area contributed by atoms with E-state index in [9.17, 15) is 14.4 Å². The topological polar surface area (TPSA) is 97.4 Å². The predicted octanol–water partition coefficient (Wildman–Crippen LogP) is 2.39. The first-order valence-corrected chi connectivity index (χ1v) is 8.24. The third-order valence-corrected chi connectivity index (χ3v) is 3.45. The number of carbonyl (C=O) groups is 3. The third kappa shape index (κ3) is 5.68. The van der Waals surface area contributed by atoms with Crippen molar-refractivity contribution in [3.63, 3.8) is 0 Å². The van der Waals surface area contributed by atoms with Crippen LogP contribution in [-0.4, -0.2) is 35.9 Å². The smallest absolute Gasteiger partial charge is 0.340 e. The molecular formula is C17H16BrN3O4. The number of benzene rings is 1. The SMILES string of the molecule is CCNC(=O)c1cccc(NC(=O)COC(=O)c2cncc(Br)c2)c1. The molecule has 0 fully saturated rings. The van der Waals surface area contributed by atoms with E-state index in [-0.39, 0.29) is 11.5 Å². The molecule has 2 amide bonds. The first-order chi connectivity index (χ1) is 12.0. The van der Waals surface area contributed by atoms with E-state index >= 15 is 0 Å². The fraction of sp³-hybridized carbons (Fsp3) is 0.176. The normalized spacial score (nSPS) is 10.0. The molecule has 0 spiro atoms. The van der Waals surface area contributed by atoms with Crippen LogP contribution in [0.5, 0.6) is 0 Å². The van der Waals surface area contributed by atoms with E-state index in [0.717, 1.165) is 0 Å². The van der Waals surface area contributed by atoms with Gasteiger partial charge < -0.3 is 15.4 Å². The second kappa shape index (κ2) is 8.93. The minimum Gasteiger partial charge on any atom is -0.452 e. The van der Waals surface area contributed by atoms with Crippen molar-refractivity contribution in [2.24, 2.45) is 0 Å². The molecule has 7 nitrogen and oxygen atoms in total. The molecule has 2 aromatic rings. The Bertz CT molecular complexity index is 795. The lowest BCUT2D eigenvalue weighted by atomic mass is 10.2. The lowest BCUT2D eigenvalue weighted by molar-refractivity contribution is -0.119. The molecule has 0 aliphatic carbocycles. The van der Waals surface area contributed by atoms with Crippen LogP contribution in [-0.2, 0) is 9.53 Å². The van der Waals surface area contributed by atoms with E-state index in [1.807, 2.05) is 6.92 Å². The van der Waals surface area contributed by atoms with Crippen molar-refractivity contribution in [1.82, 2.24) is 10.3 Å². The van der Waals surface area contributed by atoms with Gasteiger partial charge >= 0.3 is 5.97 Å². The lowest BCUT2D eigenvalue weighted by Crippen LogP contribution is -2.23. The molecule has 0 unspecified atom stereocenters. The molecule has 8 heteroatoms. The van der Waals surface area contributed by atoms with Gasteiger partial charge in [-0.2, -0.15) is 0 Å². The largest absolute Gasteiger partial charge is 0.452 e. The number of carbonyl (C=O) groups excluding carboxylic acids is 3. The minimum absolute atomic E-state index is 0.229. The van der Waals surface area contributed by atoms with Gasteiger partial charge in [0.15, 0.2) is 6.61 Å². The van der Waals surface area contributed by atoms with Gasteiger partial charge in [-0.15, -0.1) is 0 Å². The summed E-state index contributed by atoms with van der Waals surface area (Å²) in [5.41, 5.74) is 1.10. The molecule has 0 aliphatic rings. The maximum atomic E-state index is 11.9. The summed E-state index contributed by atoms with van der Waals surface area (Å²) < 4.78 is 5.58. The number of aromatic nitrogens is 1. The van der Waals surface area contributed by atoms with Gasteiger partial charge in [-0.1, -0.05) is 6.07 Å². The maximum absolute atomic E-state index is 11.9. The Labute approximate surface area is 152 Å². The summed E-state index contributed by atoms with van der Waals surface area (Å²) in [5.74, 6) is -1.39. The van der Waals surface area contributed by atoms with Gasteiger partial charge in [-0.25, -0.2) is 4.79 Å². The second-order valence-corrected chi connectivity index (χ2v) is 5.87. The number of pyridine rings is 1. The zero-order valence-corrected chi connectivity index (χ0v) is 15.0.